The van der Waals surface area contributed by atoms with Gasteiger partial charge in [0.05, 0.1) is 0 Å². The predicted octanol–water partition coefficient (Wildman–Crippen LogP) is 4.44. The fourth-order valence-corrected chi connectivity index (χ4v) is 3.34. The molecule has 0 spiro atoms. The van der Waals surface area contributed by atoms with Gasteiger partial charge >= 0.3 is 0 Å². The minimum absolute atomic E-state index is 0.678. The van der Waals surface area contributed by atoms with Crippen LogP contribution in [0.4, 0.5) is 0 Å². The third-order valence-corrected chi connectivity index (χ3v) is 3.84. The molecule has 1 saturated carbocycles. The zero-order chi connectivity index (χ0) is 10.9. The van der Waals surface area contributed by atoms with Crippen molar-refractivity contribution in [3.05, 3.63) is 24.3 Å². The van der Waals surface area contributed by atoms with Crippen molar-refractivity contribution in [3.8, 4) is 0 Å². The van der Waals surface area contributed by atoms with Crippen LogP contribution < -0.4 is 0 Å². The summed E-state index contributed by atoms with van der Waals surface area (Å²) in [5.74, 6) is 2.99. The molecule has 4 unspecified atom stereocenters. The molecular formula is C14H24. The van der Waals surface area contributed by atoms with Gasteiger partial charge in [0.1, 0.15) is 0 Å². The molecule has 0 amide bonds. The molecule has 1 aliphatic carbocycles. The van der Waals surface area contributed by atoms with Gasteiger partial charge in [0.2, 0.25) is 0 Å². The number of rotatable bonds is 3. The van der Waals surface area contributed by atoms with Crippen molar-refractivity contribution in [1.82, 2.24) is 0 Å². The van der Waals surface area contributed by atoms with Crippen LogP contribution in [0, 0.1) is 23.7 Å². The van der Waals surface area contributed by atoms with Gasteiger partial charge in [0.15, 0.2) is 0 Å². The van der Waals surface area contributed by atoms with Gasteiger partial charge in [-0.1, -0.05) is 44.6 Å². The molecule has 1 rings (SSSR count). The molecule has 80 valence electrons. The molecule has 0 bridgehead atoms. The van der Waals surface area contributed by atoms with E-state index in [1.807, 2.05) is 0 Å². The summed E-state index contributed by atoms with van der Waals surface area (Å²) in [5, 5.41) is 0. The molecular weight excluding hydrogens is 168 g/mol. The molecule has 4 atom stereocenters. The van der Waals surface area contributed by atoms with Crippen LogP contribution in [0.25, 0.3) is 0 Å². The summed E-state index contributed by atoms with van der Waals surface area (Å²) in [6.45, 7) is 17.3. The van der Waals surface area contributed by atoms with Crippen LogP contribution in [0.5, 0.6) is 0 Å². The van der Waals surface area contributed by atoms with Crippen LogP contribution in [-0.2, 0) is 0 Å². The molecule has 14 heavy (non-hydrogen) atoms. The highest BCUT2D eigenvalue weighted by atomic mass is 14.4. The average Bonchev–Trinajstić information content (AvgIpc) is 2.41. The lowest BCUT2D eigenvalue weighted by atomic mass is 9.79. The Morgan fingerprint density at radius 2 is 1.64 bits per heavy atom. The molecule has 0 N–H and O–H groups in total. The molecule has 1 aliphatic rings. The van der Waals surface area contributed by atoms with Gasteiger partial charge in [-0.3, -0.25) is 0 Å². The van der Waals surface area contributed by atoms with E-state index in [0.717, 1.165) is 11.8 Å². The predicted molar refractivity (Wildman–Crippen MR) is 64.2 cm³/mol. The van der Waals surface area contributed by atoms with Gasteiger partial charge in [-0.05, 0) is 43.9 Å². The maximum absolute atomic E-state index is 4.16. The standard InChI is InChI=1S/C14H24/c1-7-12-8-11(6)13(9(2)3)14(12)10(4)5/h11-14H,2,4,7-8H2,1,3,5-6H3. The second-order valence-electron chi connectivity index (χ2n) is 5.13. The van der Waals surface area contributed by atoms with Crippen LogP contribution in [0.2, 0.25) is 0 Å². The Morgan fingerprint density at radius 1 is 1.14 bits per heavy atom. The summed E-state index contributed by atoms with van der Waals surface area (Å²) >= 11 is 0. The van der Waals surface area contributed by atoms with Crippen molar-refractivity contribution >= 4 is 0 Å². The molecule has 1 fully saturated rings. The Balaban J connectivity index is 2.91. The van der Waals surface area contributed by atoms with Crippen LogP contribution >= 0.6 is 0 Å². The first-order chi connectivity index (χ1) is 6.49. The molecule has 0 aliphatic heterocycles. The maximum Gasteiger partial charge on any atom is -0.0112 e. The highest BCUT2D eigenvalue weighted by molar-refractivity contribution is 5.15. The van der Waals surface area contributed by atoms with Crippen molar-refractivity contribution in [2.75, 3.05) is 0 Å². The summed E-state index contributed by atoms with van der Waals surface area (Å²) in [5.41, 5.74) is 2.70. The van der Waals surface area contributed by atoms with Crippen molar-refractivity contribution in [2.24, 2.45) is 23.7 Å². The van der Waals surface area contributed by atoms with Gasteiger partial charge < -0.3 is 0 Å². The quantitative estimate of drug-likeness (QED) is 0.580. The second-order valence-corrected chi connectivity index (χ2v) is 5.13. The van der Waals surface area contributed by atoms with Crippen LogP contribution in [0.3, 0.4) is 0 Å². The van der Waals surface area contributed by atoms with Crippen molar-refractivity contribution in [3.63, 3.8) is 0 Å². The first kappa shape index (κ1) is 11.6. The number of hydrogen-bond donors (Lipinski definition) is 0. The minimum Gasteiger partial charge on any atom is -0.0998 e. The van der Waals surface area contributed by atoms with E-state index in [9.17, 15) is 0 Å². The first-order valence-corrected chi connectivity index (χ1v) is 5.79. The fourth-order valence-electron chi connectivity index (χ4n) is 3.34. The summed E-state index contributed by atoms with van der Waals surface area (Å²) in [6, 6.07) is 0. The third-order valence-electron chi connectivity index (χ3n) is 3.84. The van der Waals surface area contributed by atoms with Crippen LogP contribution in [0.15, 0.2) is 24.3 Å². The van der Waals surface area contributed by atoms with E-state index in [1.165, 1.54) is 24.0 Å². The van der Waals surface area contributed by atoms with Gasteiger partial charge in [-0.2, -0.15) is 0 Å². The van der Waals surface area contributed by atoms with E-state index in [-0.39, 0.29) is 0 Å². The normalized spacial score (nSPS) is 37.1. The summed E-state index contributed by atoms with van der Waals surface area (Å²) < 4.78 is 0. The van der Waals surface area contributed by atoms with E-state index in [4.69, 9.17) is 0 Å². The summed E-state index contributed by atoms with van der Waals surface area (Å²) in [4.78, 5) is 0. The van der Waals surface area contributed by atoms with E-state index in [2.05, 4.69) is 40.9 Å². The van der Waals surface area contributed by atoms with Crippen molar-refractivity contribution < 1.29 is 0 Å². The smallest absolute Gasteiger partial charge is 0.0112 e. The Morgan fingerprint density at radius 3 is 2.00 bits per heavy atom. The van der Waals surface area contributed by atoms with E-state index in [1.54, 1.807) is 0 Å². The van der Waals surface area contributed by atoms with Crippen molar-refractivity contribution in [1.29, 1.82) is 0 Å². The Bertz CT molecular complexity index is 236. The third kappa shape index (κ3) is 1.94. The minimum atomic E-state index is 0.678. The van der Waals surface area contributed by atoms with Gasteiger partial charge in [-0.15, -0.1) is 0 Å². The number of allylic oxidation sites excluding steroid dienone is 2. The van der Waals surface area contributed by atoms with Gasteiger partial charge in [0, 0.05) is 0 Å². The lowest BCUT2D eigenvalue weighted by Crippen LogP contribution is -2.18. The lowest BCUT2D eigenvalue weighted by molar-refractivity contribution is 0.372. The van der Waals surface area contributed by atoms with E-state index in [0.29, 0.717) is 11.8 Å². The fraction of sp³-hybridized carbons (Fsp3) is 0.714. The largest absolute Gasteiger partial charge is 0.0998 e. The molecule has 0 aromatic rings. The topological polar surface area (TPSA) is 0 Å². The van der Waals surface area contributed by atoms with E-state index >= 15 is 0 Å². The van der Waals surface area contributed by atoms with Gasteiger partial charge in [-0.25, -0.2) is 0 Å². The van der Waals surface area contributed by atoms with Crippen LogP contribution in [0.1, 0.15) is 40.5 Å². The molecule has 0 heteroatoms. The molecule has 0 aromatic carbocycles. The van der Waals surface area contributed by atoms with Crippen LogP contribution in [-0.4, -0.2) is 0 Å². The first-order valence-electron chi connectivity index (χ1n) is 5.79. The summed E-state index contributed by atoms with van der Waals surface area (Å²) in [7, 11) is 0. The number of hydrogen-bond acceptors (Lipinski definition) is 0. The van der Waals surface area contributed by atoms with Crippen molar-refractivity contribution in [2.45, 2.75) is 40.5 Å². The molecule has 0 saturated heterocycles. The summed E-state index contributed by atoms with van der Waals surface area (Å²) in [6.07, 6.45) is 2.64. The average molecular weight is 192 g/mol. The Kier molecular flexibility index (Phi) is 3.58. The molecule has 0 heterocycles. The lowest BCUT2D eigenvalue weighted by Gasteiger charge is -2.26. The molecule has 0 radical (unpaired) electrons. The Hall–Kier alpha value is -0.520. The van der Waals surface area contributed by atoms with Gasteiger partial charge in [0.25, 0.3) is 0 Å². The monoisotopic (exact) mass is 192 g/mol. The van der Waals surface area contributed by atoms with E-state index < -0.39 is 0 Å². The molecule has 0 nitrogen and oxygen atoms in total. The zero-order valence-electron chi connectivity index (χ0n) is 10.1. The zero-order valence-corrected chi connectivity index (χ0v) is 10.1. The SMILES string of the molecule is C=C(C)C1C(C)CC(CC)C1C(=C)C. The highest BCUT2D eigenvalue weighted by Crippen LogP contribution is 2.48. The molecule has 0 aromatic heterocycles. The second kappa shape index (κ2) is 4.33. The Labute approximate surface area is 89.1 Å². The maximum atomic E-state index is 4.16. The highest BCUT2D eigenvalue weighted by Gasteiger charge is 2.40.